The Morgan fingerprint density at radius 1 is 1.32 bits per heavy atom. The van der Waals surface area contributed by atoms with Crippen LogP contribution in [0.2, 0.25) is 0 Å². The third kappa shape index (κ3) is 4.93. The number of piperazine rings is 1. The smallest absolute Gasteiger partial charge is 0.244 e. The lowest BCUT2D eigenvalue weighted by Gasteiger charge is -2.34. The summed E-state index contributed by atoms with van der Waals surface area (Å²) in [6, 6.07) is 5.47. The van der Waals surface area contributed by atoms with Crippen LogP contribution in [0.5, 0.6) is 5.75 Å². The highest BCUT2D eigenvalue weighted by atomic mass is 32.2. The van der Waals surface area contributed by atoms with Gasteiger partial charge in [0, 0.05) is 33.1 Å². The van der Waals surface area contributed by atoms with Crippen LogP contribution in [0.1, 0.15) is 6.92 Å². The molecule has 0 unspecified atom stereocenters. The first-order chi connectivity index (χ1) is 11.8. The predicted octanol–water partition coefficient (Wildman–Crippen LogP) is -0.595. The molecule has 0 saturated carbocycles. The van der Waals surface area contributed by atoms with Gasteiger partial charge in [0.05, 0.1) is 17.8 Å². The van der Waals surface area contributed by atoms with Crippen LogP contribution in [0, 0.1) is 0 Å². The predicted molar refractivity (Wildman–Crippen MR) is 92.1 cm³/mol. The summed E-state index contributed by atoms with van der Waals surface area (Å²) in [7, 11) is -2.00. The Hall–Kier alpha value is -2.13. The van der Waals surface area contributed by atoms with Crippen molar-refractivity contribution in [1.82, 2.24) is 15.5 Å². The van der Waals surface area contributed by atoms with Crippen LogP contribution in [0.4, 0.5) is 0 Å². The van der Waals surface area contributed by atoms with Gasteiger partial charge in [0.1, 0.15) is 11.8 Å². The molecule has 0 aliphatic carbocycles. The number of hydrogen-bond donors (Lipinski definition) is 2. The van der Waals surface area contributed by atoms with Crippen molar-refractivity contribution in [2.45, 2.75) is 17.9 Å². The molecule has 1 heterocycles. The van der Waals surface area contributed by atoms with Gasteiger partial charge >= 0.3 is 0 Å². The van der Waals surface area contributed by atoms with Crippen LogP contribution in [-0.2, 0) is 19.4 Å². The van der Waals surface area contributed by atoms with E-state index in [1.165, 1.54) is 31.1 Å². The molecule has 1 aromatic rings. The number of nitrogens with one attached hydrogen (secondary N) is 2. The highest BCUT2D eigenvalue weighted by Gasteiger charge is 2.30. The third-order valence-electron chi connectivity index (χ3n) is 4.04. The minimum Gasteiger partial charge on any atom is -0.497 e. The van der Waals surface area contributed by atoms with Crippen molar-refractivity contribution in [2.75, 3.05) is 39.0 Å². The number of sulfone groups is 1. The molecule has 1 atom stereocenters. The molecule has 8 nitrogen and oxygen atoms in total. The summed E-state index contributed by atoms with van der Waals surface area (Å²) in [5.41, 5.74) is 0. The molecule has 1 saturated heterocycles. The molecule has 138 valence electrons. The Morgan fingerprint density at radius 2 is 2.00 bits per heavy atom. The van der Waals surface area contributed by atoms with E-state index in [4.69, 9.17) is 4.74 Å². The largest absolute Gasteiger partial charge is 0.497 e. The molecule has 0 spiro atoms. The topological polar surface area (TPSA) is 105 Å². The number of ether oxygens (including phenoxy) is 1. The molecule has 9 heteroatoms. The molecule has 25 heavy (non-hydrogen) atoms. The van der Waals surface area contributed by atoms with Crippen molar-refractivity contribution in [3.8, 4) is 5.75 Å². The second-order valence-electron chi connectivity index (χ2n) is 5.72. The Balaban J connectivity index is 1.91. The number of nitrogens with zero attached hydrogens (tertiary/aromatic N) is 1. The first kappa shape index (κ1) is 19.2. The lowest BCUT2D eigenvalue weighted by atomic mass is 10.1. The maximum Gasteiger partial charge on any atom is 0.244 e. The van der Waals surface area contributed by atoms with E-state index in [0.717, 1.165) is 0 Å². The average Bonchev–Trinajstić information content (AvgIpc) is 2.61. The fraction of sp³-hybridized carbons (Fsp3) is 0.500. The van der Waals surface area contributed by atoms with Gasteiger partial charge in [-0.15, -0.1) is 0 Å². The molecule has 2 N–H and O–H groups in total. The number of amides is 2. The first-order valence-corrected chi connectivity index (χ1v) is 9.63. The van der Waals surface area contributed by atoms with E-state index in [1.807, 2.05) is 0 Å². The van der Waals surface area contributed by atoms with E-state index >= 15 is 0 Å². The molecule has 2 amide bonds. The lowest BCUT2D eigenvalue weighted by molar-refractivity contribution is -0.139. The standard InChI is InChI=1S/C16H23N3O5S/c1-12(20)19-9-7-17-11-15(19)16(21)18-8-10-25(22,23)14-5-3-13(24-2)4-6-14/h3-6,15,17H,7-11H2,1-2H3,(H,18,21)/t15-/m0/s1. The number of benzene rings is 1. The molecule has 1 aromatic carbocycles. The van der Waals surface area contributed by atoms with E-state index in [9.17, 15) is 18.0 Å². The number of rotatable bonds is 6. The molecular formula is C16H23N3O5S. The first-order valence-electron chi connectivity index (χ1n) is 7.97. The van der Waals surface area contributed by atoms with Crippen LogP contribution in [0.15, 0.2) is 29.2 Å². The average molecular weight is 369 g/mol. The minimum absolute atomic E-state index is 0.0184. The summed E-state index contributed by atoms with van der Waals surface area (Å²) < 4.78 is 29.6. The zero-order valence-corrected chi connectivity index (χ0v) is 15.1. The molecule has 1 aliphatic heterocycles. The fourth-order valence-corrected chi connectivity index (χ4v) is 3.80. The van der Waals surface area contributed by atoms with E-state index in [1.54, 1.807) is 12.1 Å². The van der Waals surface area contributed by atoms with Crippen molar-refractivity contribution in [3.05, 3.63) is 24.3 Å². The quantitative estimate of drug-likeness (QED) is 0.694. The van der Waals surface area contributed by atoms with Gasteiger partial charge in [-0.1, -0.05) is 0 Å². The van der Waals surface area contributed by atoms with Gasteiger partial charge in [-0.25, -0.2) is 8.42 Å². The van der Waals surface area contributed by atoms with Crippen LogP contribution in [0.3, 0.4) is 0 Å². The van der Waals surface area contributed by atoms with Gasteiger partial charge in [-0.2, -0.15) is 0 Å². The summed E-state index contributed by atoms with van der Waals surface area (Å²) in [6.07, 6.45) is 0. The minimum atomic E-state index is -3.51. The third-order valence-corrected chi connectivity index (χ3v) is 5.77. The normalized spacial score (nSPS) is 17.8. The van der Waals surface area contributed by atoms with Crippen molar-refractivity contribution in [1.29, 1.82) is 0 Å². The van der Waals surface area contributed by atoms with Gasteiger partial charge < -0.3 is 20.3 Å². The molecule has 1 aliphatic rings. The summed E-state index contributed by atoms with van der Waals surface area (Å²) in [6.45, 7) is 2.85. The summed E-state index contributed by atoms with van der Waals surface area (Å²) in [5.74, 6) is -0.174. The Morgan fingerprint density at radius 3 is 2.60 bits per heavy atom. The molecule has 2 rings (SSSR count). The molecule has 1 fully saturated rings. The van der Waals surface area contributed by atoms with Gasteiger partial charge in [0.2, 0.25) is 11.8 Å². The highest BCUT2D eigenvalue weighted by molar-refractivity contribution is 7.91. The molecule has 0 radical (unpaired) electrons. The number of methoxy groups -OCH3 is 1. The Bertz CT molecular complexity index is 718. The number of hydrogen-bond acceptors (Lipinski definition) is 6. The second-order valence-corrected chi connectivity index (χ2v) is 7.83. The zero-order valence-electron chi connectivity index (χ0n) is 14.3. The van der Waals surface area contributed by atoms with Gasteiger partial charge in [-0.3, -0.25) is 9.59 Å². The lowest BCUT2D eigenvalue weighted by Crippen LogP contribution is -2.59. The van der Waals surface area contributed by atoms with Crippen molar-refractivity contribution >= 4 is 21.7 Å². The Kier molecular flexibility index (Phi) is 6.38. The number of carbonyl (C=O) groups excluding carboxylic acids is 2. The second kappa shape index (κ2) is 8.30. The van der Waals surface area contributed by atoms with Gasteiger partial charge in [-0.05, 0) is 24.3 Å². The Labute approximate surface area is 147 Å². The molecular weight excluding hydrogens is 346 g/mol. The van der Waals surface area contributed by atoms with E-state index < -0.39 is 15.9 Å². The van der Waals surface area contributed by atoms with E-state index in [-0.39, 0.29) is 29.0 Å². The van der Waals surface area contributed by atoms with Gasteiger partial charge in [0.25, 0.3) is 0 Å². The maximum absolute atomic E-state index is 12.3. The molecule has 0 bridgehead atoms. The van der Waals surface area contributed by atoms with Crippen LogP contribution < -0.4 is 15.4 Å². The SMILES string of the molecule is COc1ccc(S(=O)(=O)CCNC(=O)[C@@H]2CNCCN2C(C)=O)cc1. The monoisotopic (exact) mass is 369 g/mol. The van der Waals surface area contributed by atoms with Crippen LogP contribution >= 0.6 is 0 Å². The highest BCUT2D eigenvalue weighted by Crippen LogP contribution is 2.16. The van der Waals surface area contributed by atoms with Crippen molar-refractivity contribution in [3.63, 3.8) is 0 Å². The van der Waals surface area contributed by atoms with Gasteiger partial charge in [0.15, 0.2) is 9.84 Å². The number of carbonyl (C=O) groups is 2. The molecule has 0 aromatic heterocycles. The van der Waals surface area contributed by atoms with E-state index in [0.29, 0.717) is 25.4 Å². The van der Waals surface area contributed by atoms with Crippen LogP contribution in [0.25, 0.3) is 0 Å². The van der Waals surface area contributed by atoms with Crippen molar-refractivity contribution < 1.29 is 22.7 Å². The van der Waals surface area contributed by atoms with Crippen LogP contribution in [-0.4, -0.2) is 70.2 Å². The fourth-order valence-electron chi connectivity index (χ4n) is 2.64. The van der Waals surface area contributed by atoms with E-state index in [2.05, 4.69) is 10.6 Å². The maximum atomic E-state index is 12.3. The summed E-state index contributed by atoms with van der Waals surface area (Å²) in [5, 5.41) is 5.67. The summed E-state index contributed by atoms with van der Waals surface area (Å²) >= 11 is 0. The van der Waals surface area contributed by atoms with Crippen molar-refractivity contribution in [2.24, 2.45) is 0 Å². The summed E-state index contributed by atoms with van der Waals surface area (Å²) in [4.78, 5) is 25.5. The zero-order chi connectivity index (χ0) is 18.4.